The molecule has 102 valence electrons. The van der Waals surface area contributed by atoms with Crippen molar-refractivity contribution < 1.29 is 4.79 Å². The van der Waals surface area contributed by atoms with Crippen LogP contribution < -0.4 is 5.32 Å². The van der Waals surface area contributed by atoms with Gasteiger partial charge in [-0.25, -0.2) is 0 Å². The minimum atomic E-state index is -0.146. The van der Waals surface area contributed by atoms with Crippen LogP contribution in [0.4, 0.5) is 5.13 Å². The average molecular weight is 386 g/mol. The third kappa shape index (κ3) is 2.83. The predicted octanol–water partition coefficient (Wildman–Crippen LogP) is 4.65. The van der Waals surface area contributed by atoms with Crippen LogP contribution in [-0.2, 0) is 0 Å². The van der Waals surface area contributed by atoms with Crippen molar-refractivity contribution in [1.29, 1.82) is 0 Å². The van der Waals surface area contributed by atoms with Gasteiger partial charge in [0.25, 0.3) is 5.91 Å². The molecule has 0 spiro atoms. The first kappa shape index (κ1) is 13.9. The zero-order valence-corrected chi connectivity index (χ0v) is 14.3. The summed E-state index contributed by atoms with van der Waals surface area (Å²) in [6.07, 6.45) is 0. The first-order chi connectivity index (χ1) is 9.63. The number of rotatable bonds is 3. The SMILES string of the molecule is Cc1cc(Br)sc1-c1nnc(NC(=O)c2cccs2)s1. The minimum absolute atomic E-state index is 0.146. The van der Waals surface area contributed by atoms with E-state index < -0.39 is 0 Å². The van der Waals surface area contributed by atoms with Crippen molar-refractivity contribution >= 4 is 61.0 Å². The van der Waals surface area contributed by atoms with Crippen molar-refractivity contribution in [3.8, 4) is 9.88 Å². The van der Waals surface area contributed by atoms with Gasteiger partial charge in [0.05, 0.1) is 13.5 Å². The number of carbonyl (C=O) groups is 1. The molecule has 0 aliphatic rings. The highest BCUT2D eigenvalue weighted by atomic mass is 79.9. The summed E-state index contributed by atoms with van der Waals surface area (Å²) in [5.41, 5.74) is 1.15. The van der Waals surface area contributed by atoms with Gasteiger partial charge in [-0.05, 0) is 45.9 Å². The number of aromatic nitrogens is 2. The van der Waals surface area contributed by atoms with Crippen molar-refractivity contribution in [2.24, 2.45) is 0 Å². The Morgan fingerprint density at radius 1 is 1.35 bits per heavy atom. The maximum atomic E-state index is 11.9. The fourth-order valence-corrected chi connectivity index (χ4v) is 4.81. The van der Waals surface area contributed by atoms with Gasteiger partial charge in [0.1, 0.15) is 0 Å². The van der Waals surface area contributed by atoms with Crippen LogP contribution in [0.25, 0.3) is 9.88 Å². The second-order valence-corrected chi connectivity index (χ2v) is 8.26. The average Bonchev–Trinajstić information content (AvgIpc) is 3.10. The van der Waals surface area contributed by atoms with E-state index in [4.69, 9.17) is 0 Å². The maximum Gasteiger partial charge on any atom is 0.267 e. The van der Waals surface area contributed by atoms with E-state index in [2.05, 4.69) is 31.4 Å². The molecule has 0 aromatic carbocycles. The van der Waals surface area contributed by atoms with Crippen LogP contribution in [0.2, 0.25) is 0 Å². The smallest absolute Gasteiger partial charge is 0.267 e. The number of amides is 1. The molecule has 0 fully saturated rings. The lowest BCUT2D eigenvalue weighted by Crippen LogP contribution is -2.09. The van der Waals surface area contributed by atoms with Crippen LogP contribution in [0.15, 0.2) is 27.4 Å². The van der Waals surface area contributed by atoms with E-state index in [0.29, 0.717) is 10.0 Å². The zero-order valence-electron chi connectivity index (χ0n) is 10.2. The molecule has 3 rings (SSSR count). The van der Waals surface area contributed by atoms with Gasteiger partial charge in [-0.2, -0.15) is 0 Å². The fraction of sp³-hybridized carbons (Fsp3) is 0.0833. The molecular formula is C12H8BrN3OS3. The molecule has 20 heavy (non-hydrogen) atoms. The lowest BCUT2D eigenvalue weighted by atomic mass is 10.3. The second-order valence-electron chi connectivity index (χ2n) is 3.91. The highest BCUT2D eigenvalue weighted by Gasteiger charge is 2.14. The lowest BCUT2D eigenvalue weighted by Gasteiger charge is -1.96. The van der Waals surface area contributed by atoms with Gasteiger partial charge >= 0.3 is 0 Å². The van der Waals surface area contributed by atoms with E-state index in [9.17, 15) is 4.79 Å². The standard InChI is InChI=1S/C12H8BrN3OS3/c1-6-5-8(13)19-9(6)11-15-16-12(20-11)14-10(17)7-3-2-4-18-7/h2-5H,1H3,(H,14,16,17). The molecule has 0 unspecified atom stereocenters. The molecular weight excluding hydrogens is 378 g/mol. The summed E-state index contributed by atoms with van der Waals surface area (Å²) in [4.78, 5) is 13.7. The molecule has 0 saturated heterocycles. The summed E-state index contributed by atoms with van der Waals surface area (Å²) in [5, 5.41) is 14.1. The van der Waals surface area contributed by atoms with Crippen molar-refractivity contribution in [1.82, 2.24) is 10.2 Å². The zero-order chi connectivity index (χ0) is 14.1. The summed E-state index contributed by atoms with van der Waals surface area (Å²) in [7, 11) is 0. The number of nitrogens with one attached hydrogen (secondary N) is 1. The Labute approximate surface area is 135 Å². The molecule has 0 bridgehead atoms. The van der Waals surface area contributed by atoms with Gasteiger partial charge in [0.15, 0.2) is 5.01 Å². The largest absolute Gasteiger partial charge is 0.296 e. The maximum absolute atomic E-state index is 11.9. The monoisotopic (exact) mass is 385 g/mol. The Morgan fingerprint density at radius 2 is 2.20 bits per heavy atom. The molecule has 0 aliphatic carbocycles. The Bertz CT molecular complexity index is 748. The number of halogens is 1. The van der Waals surface area contributed by atoms with Gasteiger partial charge in [-0.1, -0.05) is 17.4 Å². The molecule has 1 N–H and O–H groups in total. The molecule has 0 atom stereocenters. The topological polar surface area (TPSA) is 54.9 Å². The molecule has 0 saturated carbocycles. The van der Waals surface area contributed by atoms with Gasteiger partial charge in [-0.3, -0.25) is 10.1 Å². The fourth-order valence-electron chi connectivity index (χ4n) is 1.59. The first-order valence-electron chi connectivity index (χ1n) is 5.58. The lowest BCUT2D eigenvalue weighted by molar-refractivity contribution is 0.103. The Morgan fingerprint density at radius 3 is 2.85 bits per heavy atom. The van der Waals surface area contributed by atoms with E-state index in [0.717, 1.165) is 19.2 Å². The summed E-state index contributed by atoms with van der Waals surface area (Å²) in [6.45, 7) is 2.03. The number of anilines is 1. The highest BCUT2D eigenvalue weighted by molar-refractivity contribution is 9.11. The molecule has 4 nitrogen and oxygen atoms in total. The van der Waals surface area contributed by atoms with E-state index in [1.807, 2.05) is 24.4 Å². The van der Waals surface area contributed by atoms with E-state index in [1.165, 1.54) is 22.7 Å². The van der Waals surface area contributed by atoms with Crippen LogP contribution in [0.3, 0.4) is 0 Å². The number of nitrogens with zero attached hydrogens (tertiary/aromatic N) is 2. The Hall–Kier alpha value is -1.09. The highest BCUT2D eigenvalue weighted by Crippen LogP contribution is 2.37. The van der Waals surface area contributed by atoms with Gasteiger partial charge in [-0.15, -0.1) is 32.9 Å². The van der Waals surface area contributed by atoms with Crippen LogP contribution in [0.5, 0.6) is 0 Å². The molecule has 3 aromatic heterocycles. The molecule has 0 aliphatic heterocycles. The number of hydrogen-bond donors (Lipinski definition) is 1. The minimum Gasteiger partial charge on any atom is -0.296 e. The number of hydrogen-bond acceptors (Lipinski definition) is 6. The van der Waals surface area contributed by atoms with E-state index in [1.54, 1.807) is 17.4 Å². The quantitative estimate of drug-likeness (QED) is 0.713. The van der Waals surface area contributed by atoms with Crippen LogP contribution >= 0.6 is 49.9 Å². The van der Waals surface area contributed by atoms with Crippen molar-refractivity contribution in [3.05, 3.63) is 37.8 Å². The summed E-state index contributed by atoms with van der Waals surface area (Å²) in [5.74, 6) is -0.146. The van der Waals surface area contributed by atoms with Crippen LogP contribution in [-0.4, -0.2) is 16.1 Å². The van der Waals surface area contributed by atoms with Crippen LogP contribution in [0.1, 0.15) is 15.2 Å². The van der Waals surface area contributed by atoms with Gasteiger partial charge in [0.2, 0.25) is 5.13 Å². The van der Waals surface area contributed by atoms with Crippen molar-refractivity contribution in [2.75, 3.05) is 5.32 Å². The first-order valence-corrected chi connectivity index (χ1v) is 8.88. The van der Waals surface area contributed by atoms with Crippen LogP contribution in [0, 0.1) is 6.92 Å². The molecule has 3 aromatic rings. The normalized spacial score (nSPS) is 10.7. The molecule has 0 radical (unpaired) electrons. The number of thiophene rings is 2. The summed E-state index contributed by atoms with van der Waals surface area (Å²) >= 11 is 7.85. The number of carbonyl (C=O) groups excluding carboxylic acids is 1. The van der Waals surface area contributed by atoms with Gasteiger partial charge < -0.3 is 0 Å². The Balaban J connectivity index is 1.81. The van der Waals surface area contributed by atoms with Gasteiger partial charge in [0, 0.05) is 0 Å². The third-order valence-electron chi connectivity index (χ3n) is 2.47. The second kappa shape index (κ2) is 5.72. The molecule has 1 amide bonds. The molecule has 3 heterocycles. The van der Waals surface area contributed by atoms with Crippen molar-refractivity contribution in [2.45, 2.75) is 6.92 Å². The predicted molar refractivity (Wildman–Crippen MR) is 87.9 cm³/mol. The Kier molecular flexibility index (Phi) is 3.97. The number of aryl methyl sites for hydroxylation is 1. The van der Waals surface area contributed by atoms with E-state index in [-0.39, 0.29) is 5.91 Å². The summed E-state index contributed by atoms with van der Waals surface area (Å²) < 4.78 is 1.06. The summed E-state index contributed by atoms with van der Waals surface area (Å²) in [6, 6.07) is 5.67. The third-order valence-corrected chi connectivity index (χ3v) is 6.07. The molecule has 8 heteroatoms. The van der Waals surface area contributed by atoms with Crippen molar-refractivity contribution in [3.63, 3.8) is 0 Å². The van der Waals surface area contributed by atoms with E-state index >= 15 is 0 Å².